The van der Waals surface area contributed by atoms with Crippen molar-refractivity contribution in [3.63, 3.8) is 0 Å². The Morgan fingerprint density at radius 1 is 1.30 bits per heavy atom. The van der Waals surface area contributed by atoms with Gasteiger partial charge in [0.2, 0.25) is 11.9 Å². The lowest BCUT2D eigenvalue weighted by Crippen LogP contribution is -2.37. The van der Waals surface area contributed by atoms with E-state index in [0.717, 1.165) is 11.6 Å². The first-order valence-electron chi connectivity index (χ1n) is 6.00. The zero-order chi connectivity index (χ0) is 14.5. The van der Waals surface area contributed by atoms with Crippen LogP contribution in [0.2, 0.25) is 0 Å². The lowest BCUT2D eigenvalue weighted by molar-refractivity contribution is -0.117. The number of benzene rings is 1. The number of halogens is 1. The molecular formula is C14H14FN3O2. The molecule has 0 saturated carbocycles. The predicted molar refractivity (Wildman–Crippen MR) is 72.6 cm³/mol. The third-order valence-corrected chi connectivity index (χ3v) is 2.72. The molecule has 1 amide bonds. The number of carbonyl (C=O) groups excluding carboxylic acids is 1. The molecule has 0 radical (unpaired) electrons. The second-order valence-corrected chi connectivity index (χ2v) is 4.34. The minimum Gasteiger partial charge on any atom is -0.508 e. The van der Waals surface area contributed by atoms with E-state index >= 15 is 0 Å². The van der Waals surface area contributed by atoms with E-state index in [1.807, 2.05) is 0 Å². The number of hydrogen-bond acceptors (Lipinski definition) is 4. The quantitative estimate of drug-likeness (QED) is 0.737. The molecule has 20 heavy (non-hydrogen) atoms. The largest absolute Gasteiger partial charge is 0.508 e. The van der Waals surface area contributed by atoms with Crippen molar-refractivity contribution in [1.82, 2.24) is 4.98 Å². The molecule has 1 aromatic heterocycles. The molecule has 0 bridgehead atoms. The van der Waals surface area contributed by atoms with Crippen molar-refractivity contribution in [2.75, 3.05) is 5.32 Å². The molecule has 0 aliphatic rings. The summed E-state index contributed by atoms with van der Waals surface area (Å²) < 4.78 is 12.6. The van der Waals surface area contributed by atoms with Gasteiger partial charge in [-0.15, -0.1) is 0 Å². The van der Waals surface area contributed by atoms with Gasteiger partial charge in [-0.25, -0.2) is 4.98 Å². The summed E-state index contributed by atoms with van der Waals surface area (Å²) in [5, 5.41) is 11.7. The van der Waals surface area contributed by atoms with Crippen LogP contribution in [0.25, 0.3) is 0 Å². The van der Waals surface area contributed by atoms with Crippen molar-refractivity contribution in [3.05, 3.63) is 54.1 Å². The van der Waals surface area contributed by atoms with Gasteiger partial charge in [-0.3, -0.25) is 4.79 Å². The highest BCUT2D eigenvalue weighted by Crippen LogP contribution is 2.12. The van der Waals surface area contributed by atoms with E-state index < -0.39 is 12.0 Å². The fraction of sp³-hybridized carbons (Fsp3) is 0.143. The van der Waals surface area contributed by atoms with Crippen molar-refractivity contribution in [2.45, 2.75) is 12.5 Å². The first-order chi connectivity index (χ1) is 9.54. The van der Waals surface area contributed by atoms with Crippen LogP contribution in [0.5, 0.6) is 5.75 Å². The van der Waals surface area contributed by atoms with E-state index in [2.05, 4.69) is 10.3 Å². The number of aromatic nitrogens is 1. The lowest BCUT2D eigenvalue weighted by Gasteiger charge is -2.12. The Morgan fingerprint density at radius 3 is 2.60 bits per heavy atom. The van der Waals surface area contributed by atoms with E-state index in [-0.39, 0.29) is 11.7 Å². The normalized spacial score (nSPS) is 11.9. The first-order valence-corrected chi connectivity index (χ1v) is 6.00. The number of phenolic OH excluding ortho intramolecular Hbond substituents is 1. The number of anilines is 1. The summed E-state index contributed by atoms with van der Waals surface area (Å²) in [6.07, 6.45) is 1.56. The van der Waals surface area contributed by atoms with Crippen molar-refractivity contribution < 1.29 is 14.3 Å². The summed E-state index contributed by atoms with van der Waals surface area (Å²) in [6.45, 7) is 0. The second-order valence-electron chi connectivity index (χ2n) is 4.34. The third-order valence-electron chi connectivity index (χ3n) is 2.72. The Bertz CT molecular complexity index is 584. The molecule has 1 atom stereocenters. The maximum absolute atomic E-state index is 12.6. The summed E-state index contributed by atoms with van der Waals surface area (Å²) in [7, 11) is 0. The molecule has 1 heterocycles. The van der Waals surface area contributed by atoms with Crippen molar-refractivity contribution in [3.8, 4) is 5.75 Å². The van der Waals surface area contributed by atoms with Crippen LogP contribution in [0.1, 0.15) is 5.56 Å². The fourth-order valence-electron chi connectivity index (χ4n) is 1.66. The van der Waals surface area contributed by atoms with Crippen molar-refractivity contribution >= 4 is 11.6 Å². The number of amides is 1. The van der Waals surface area contributed by atoms with Gasteiger partial charge in [-0.2, -0.15) is 4.39 Å². The molecule has 5 nitrogen and oxygen atoms in total. The highest BCUT2D eigenvalue weighted by molar-refractivity contribution is 5.94. The van der Waals surface area contributed by atoms with Crippen LogP contribution in [-0.2, 0) is 11.2 Å². The number of pyridine rings is 1. The van der Waals surface area contributed by atoms with Crippen molar-refractivity contribution in [2.24, 2.45) is 5.73 Å². The number of nitrogens with zero attached hydrogens (tertiary/aromatic N) is 1. The molecule has 0 fully saturated rings. The fourth-order valence-corrected chi connectivity index (χ4v) is 1.66. The molecule has 1 aromatic carbocycles. The molecule has 104 valence electrons. The van der Waals surface area contributed by atoms with Gasteiger partial charge in [0.15, 0.2) is 0 Å². The van der Waals surface area contributed by atoms with Gasteiger partial charge >= 0.3 is 0 Å². The number of rotatable bonds is 4. The summed E-state index contributed by atoms with van der Waals surface area (Å²) in [5.74, 6) is -0.841. The van der Waals surface area contributed by atoms with Crippen molar-refractivity contribution in [1.29, 1.82) is 0 Å². The summed E-state index contributed by atoms with van der Waals surface area (Å²) >= 11 is 0. The molecule has 6 heteroatoms. The van der Waals surface area contributed by atoms with Crippen LogP contribution in [0.4, 0.5) is 10.1 Å². The number of phenols is 1. The molecule has 0 aliphatic heterocycles. The standard InChI is InChI=1S/C14H14FN3O2/c15-13-6-3-10(8-17-13)18-14(20)12(16)7-9-1-4-11(19)5-2-9/h1-6,8,12,19H,7,16H2,(H,18,20). The molecule has 0 saturated heterocycles. The molecule has 1 unspecified atom stereocenters. The highest BCUT2D eigenvalue weighted by atomic mass is 19.1. The van der Waals surface area contributed by atoms with Crippen LogP contribution in [0.3, 0.4) is 0 Å². The average molecular weight is 275 g/mol. The Kier molecular flexibility index (Phi) is 4.27. The zero-order valence-electron chi connectivity index (χ0n) is 10.6. The maximum atomic E-state index is 12.6. The average Bonchev–Trinajstić information content (AvgIpc) is 2.44. The Hall–Kier alpha value is -2.47. The third kappa shape index (κ3) is 3.76. The van der Waals surface area contributed by atoms with E-state index in [1.165, 1.54) is 24.4 Å². The molecule has 0 spiro atoms. The van der Waals surface area contributed by atoms with Crippen LogP contribution in [-0.4, -0.2) is 22.0 Å². The number of carbonyl (C=O) groups is 1. The lowest BCUT2D eigenvalue weighted by atomic mass is 10.1. The van der Waals surface area contributed by atoms with Gasteiger partial charge in [0.05, 0.1) is 17.9 Å². The van der Waals surface area contributed by atoms with Crippen LogP contribution in [0, 0.1) is 5.95 Å². The number of nitrogens with two attached hydrogens (primary N) is 1. The topological polar surface area (TPSA) is 88.2 Å². The van der Waals surface area contributed by atoms with Crippen LogP contribution < -0.4 is 11.1 Å². The first kappa shape index (κ1) is 14.0. The van der Waals surface area contributed by atoms with E-state index in [0.29, 0.717) is 12.1 Å². The minimum absolute atomic E-state index is 0.157. The molecule has 2 rings (SSSR count). The monoisotopic (exact) mass is 275 g/mol. The summed E-state index contributed by atoms with van der Waals surface area (Å²) in [5.41, 5.74) is 7.02. The van der Waals surface area contributed by atoms with E-state index in [9.17, 15) is 9.18 Å². The highest BCUT2D eigenvalue weighted by Gasteiger charge is 2.14. The predicted octanol–water partition coefficient (Wildman–Crippen LogP) is 1.43. The van der Waals surface area contributed by atoms with Gasteiger partial charge in [-0.05, 0) is 36.2 Å². The smallest absolute Gasteiger partial charge is 0.241 e. The van der Waals surface area contributed by atoms with Gasteiger partial charge in [-0.1, -0.05) is 12.1 Å². The number of aromatic hydroxyl groups is 1. The van der Waals surface area contributed by atoms with Gasteiger partial charge < -0.3 is 16.2 Å². The second kappa shape index (κ2) is 6.12. The Labute approximate surface area is 115 Å². The van der Waals surface area contributed by atoms with Crippen LogP contribution in [0.15, 0.2) is 42.6 Å². The molecule has 2 aromatic rings. The molecule has 4 N–H and O–H groups in total. The Morgan fingerprint density at radius 2 is 2.00 bits per heavy atom. The van der Waals surface area contributed by atoms with E-state index in [1.54, 1.807) is 12.1 Å². The molecule has 0 aliphatic carbocycles. The SMILES string of the molecule is NC(Cc1ccc(O)cc1)C(=O)Nc1ccc(F)nc1. The van der Waals surface area contributed by atoms with Gasteiger partial charge in [0, 0.05) is 0 Å². The van der Waals surface area contributed by atoms with E-state index in [4.69, 9.17) is 10.8 Å². The summed E-state index contributed by atoms with van der Waals surface area (Å²) in [4.78, 5) is 15.3. The molecular weight excluding hydrogens is 261 g/mol. The van der Waals surface area contributed by atoms with Gasteiger partial charge in [0.25, 0.3) is 0 Å². The minimum atomic E-state index is -0.746. The number of nitrogens with one attached hydrogen (secondary N) is 1. The zero-order valence-corrected chi connectivity index (χ0v) is 10.6. The van der Waals surface area contributed by atoms with Gasteiger partial charge in [0.1, 0.15) is 5.75 Å². The summed E-state index contributed by atoms with van der Waals surface area (Å²) in [6, 6.07) is 8.27. The maximum Gasteiger partial charge on any atom is 0.241 e. The Balaban J connectivity index is 1.94. The van der Waals surface area contributed by atoms with Crippen LogP contribution >= 0.6 is 0 Å². The number of hydrogen-bond donors (Lipinski definition) is 3.